The summed E-state index contributed by atoms with van der Waals surface area (Å²) in [6, 6.07) is 5.25. The van der Waals surface area contributed by atoms with Crippen LogP contribution in [0.2, 0.25) is 0 Å². The average molecular weight is 217 g/mol. The van der Waals surface area contributed by atoms with Crippen LogP contribution in [0.3, 0.4) is 0 Å². The first-order valence-electron chi connectivity index (χ1n) is 5.22. The van der Waals surface area contributed by atoms with Crippen molar-refractivity contribution in [1.29, 1.82) is 0 Å². The molecule has 1 aromatic carbocycles. The van der Waals surface area contributed by atoms with Gasteiger partial charge in [0.15, 0.2) is 0 Å². The minimum Gasteiger partial charge on any atom is -0.465 e. The summed E-state index contributed by atoms with van der Waals surface area (Å²) in [6.45, 7) is 0. The summed E-state index contributed by atoms with van der Waals surface area (Å²) < 4.78 is 4.64. The van der Waals surface area contributed by atoms with Crippen LogP contribution in [0, 0.1) is 0 Å². The number of nitrogens with one attached hydrogen (secondary N) is 1. The number of carbonyl (C=O) groups excluding carboxylic acids is 2. The molecule has 16 heavy (non-hydrogen) atoms. The van der Waals surface area contributed by atoms with Crippen molar-refractivity contribution in [2.45, 2.75) is 18.3 Å². The molecule has 0 bridgehead atoms. The van der Waals surface area contributed by atoms with E-state index in [9.17, 15) is 9.59 Å². The molecule has 0 unspecified atom stereocenters. The fourth-order valence-electron chi connectivity index (χ4n) is 2.30. The van der Waals surface area contributed by atoms with Gasteiger partial charge in [-0.15, -0.1) is 0 Å². The molecule has 0 radical (unpaired) electrons. The Morgan fingerprint density at radius 1 is 1.44 bits per heavy atom. The van der Waals surface area contributed by atoms with Crippen molar-refractivity contribution in [3.05, 3.63) is 29.3 Å². The van der Waals surface area contributed by atoms with E-state index in [2.05, 4.69) is 10.1 Å². The van der Waals surface area contributed by atoms with Crippen LogP contribution in [0.5, 0.6) is 0 Å². The SMILES string of the molecule is COC(=O)c1ccc2c(c1)NC(=O)C21CC1. The Bertz CT molecular complexity index is 503. The lowest BCUT2D eigenvalue weighted by Crippen LogP contribution is -2.18. The molecular formula is C12H11NO3. The van der Waals surface area contributed by atoms with E-state index in [1.165, 1.54) is 7.11 Å². The molecular weight excluding hydrogens is 206 g/mol. The van der Waals surface area contributed by atoms with Crippen molar-refractivity contribution >= 4 is 17.6 Å². The third-order valence-corrected chi connectivity index (χ3v) is 3.39. The standard InChI is InChI=1S/C12H11NO3/c1-16-10(14)7-2-3-8-9(6-7)13-11(15)12(8)4-5-12/h2-3,6H,4-5H2,1H3,(H,13,15). The molecule has 1 aliphatic carbocycles. The summed E-state index contributed by atoms with van der Waals surface area (Å²) in [4.78, 5) is 23.1. The molecule has 1 aromatic rings. The van der Waals surface area contributed by atoms with E-state index >= 15 is 0 Å². The molecule has 3 rings (SSSR count). The number of anilines is 1. The first-order chi connectivity index (χ1) is 7.67. The van der Waals surface area contributed by atoms with Crippen LogP contribution in [-0.4, -0.2) is 19.0 Å². The second-order valence-electron chi connectivity index (χ2n) is 4.29. The van der Waals surface area contributed by atoms with Gasteiger partial charge in [-0.05, 0) is 30.5 Å². The van der Waals surface area contributed by atoms with Gasteiger partial charge in [-0.25, -0.2) is 4.79 Å². The van der Waals surface area contributed by atoms with Crippen LogP contribution in [0.25, 0.3) is 0 Å². The highest BCUT2D eigenvalue weighted by Crippen LogP contribution is 2.55. The maximum atomic E-state index is 11.7. The summed E-state index contributed by atoms with van der Waals surface area (Å²) in [5.41, 5.74) is 1.96. The Labute approximate surface area is 92.6 Å². The zero-order valence-corrected chi connectivity index (χ0v) is 8.87. The minimum absolute atomic E-state index is 0.0597. The summed E-state index contributed by atoms with van der Waals surface area (Å²) in [6.07, 6.45) is 1.81. The van der Waals surface area contributed by atoms with Crippen molar-refractivity contribution in [3.8, 4) is 0 Å². The van der Waals surface area contributed by atoms with E-state index in [1.807, 2.05) is 6.07 Å². The smallest absolute Gasteiger partial charge is 0.337 e. The largest absolute Gasteiger partial charge is 0.465 e. The molecule has 2 aliphatic rings. The van der Waals surface area contributed by atoms with E-state index < -0.39 is 0 Å². The third-order valence-electron chi connectivity index (χ3n) is 3.39. The summed E-state index contributed by atoms with van der Waals surface area (Å²) >= 11 is 0. The molecule has 0 aromatic heterocycles. The monoisotopic (exact) mass is 217 g/mol. The van der Waals surface area contributed by atoms with Gasteiger partial charge >= 0.3 is 5.97 Å². The molecule has 1 amide bonds. The Balaban J connectivity index is 2.06. The van der Waals surface area contributed by atoms with E-state index in [-0.39, 0.29) is 17.3 Å². The van der Waals surface area contributed by atoms with Crippen LogP contribution in [-0.2, 0) is 14.9 Å². The molecule has 1 spiro atoms. The van der Waals surface area contributed by atoms with Crippen molar-refractivity contribution in [1.82, 2.24) is 0 Å². The normalized spacial score (nSPS) is 19.2. The average Bonchev–Trinajstić information content (AvgIpc) is 3.03. The van der Waals surface area contributed by atoms with Crippen molar-refractivity contribution < 1.29 is 14.3 Å². The fourth-order valence-corrected chi connectivity index (χ4v) is 2.30. The number of rotatable bonds is 1. The van der Waals surface area contributed by atoms with Crippen LogP contribution < -0.4 is 5.32 Å². The van der Waals surface area contributed by atoms with Gasteiger partial charge in [0, 0.05) is 5.69 Å². The van der Waals surface area contributed by atoms with E-state index in [0.29, 0.717) is 5.56 Å². The molecule has 1 fully saturated rings. The number of carbonyl (C=O) groups is 2. The topological polar surface area (TPSA) is 55.4 Å². The zero-order chi connectivity index (χ0) is 11.3. The summed E-state index contributed by atoms with van der Waals surface area (Å²) in [5, 5.41) is 2.82. The van der Waals surface area contributed by atoms with Crippen LogP contribution in [0.1, 0.15) is 28.8 Å². The van der Waals surface area contributed by atoms with E-state index in [4.69, 9.17) is 0 Å². The molecule has 82 valence electrons. The molecule has 4 nitrogen and oxygen atoms in total. The zero-order valence-electron chi connectivity index (χ0n) is 8.87. The van der Waals surface area contributed by atoms with Gasteiger partial charge in [0.25, 0.3) is 0 Å². The van der Waals surface area contributed by atoms with Crippen LogP contribution in [0.4, 0.5) is 5.69 Å². The molecule has 0 saturated heterocycles. The number of benzene rings is 1. The Morgan fingerprint density at radius 2 is 2.19 bits per heavy atom. The van der Waals surface area contributed by atoms with Gasteiger partial charge in [0.2, 0.25) is 5.91 Å². The number of methoxy groups -OCH3 is 1. The van der Waals surface area contributed by atoms with E-state index in [1.54, 1.807) is 12.1 Å². The Morgan fingerprint density at radius 3 is 2.81 bits per heavy atom. The number of ether oxygens (including phenoxy) is 1. The molecule has 4 heteroatoms. The third kappa shape index (κ3) is 1.04. The summed E-state index contributed by atoms with van der Waals surface area (Å²) in [5.74, 6) is -0.321. The second kappa shape index (κ2) is 2.84. The maximum Gasteiger partial charge on any atom is 0.337 e. The Kier molecular flexibility index (Phi) is 1.67. The molecule has 0 atom stereocenters. The van der Waals surface area contributed by atoms with Gasteiger partial charge in [-0.3, -0.25) is 4.79 Å². The second-order valence-corrected chi connectivity index (χ2v) is 4.29. The lowest BCUT2D eigenvalue weighted by Gasteiger charge is -2.05. The number of amides is 1. The molecule has 1 N–H and O–H groups in total. The van der Waals surface area contributed by atoms with Crippen LogP contribution in [0.15, 0.2) is 18.2 Å². The van der Waals surface area contributed by atoms with Crippen molar-refractivity contribution in [3.63, 3.8) is 0 Å². The van der Waals surface area contributed by atoms with Gasteiger partial charge in [0.05, 0.1) is 18.1 Å². The van der Waals surface area contributed by atoms with Crippen LogP contribution >= 0.6 is 0 Å². The highest BCUT2D eigenvalue weighted by atomic mass is 16.5. The number of fused-ring (bicyclic) bond motifs is 2. The van der Waals surface area contributed by atoms with Gasteiger partial charge < -0.3 is 10.1 Å². The van der Waals surface area contributed by atoms with Gasteiger partial charge in [0.1, 0.15) is 0 Å². The number of hydrogen-bond donors (Lipinski definition) is 1. The number of hydrogen-bond acceptors (Lipinski definition) is 3. The lowest BCUT2D eigenvalue weighted by molar-refractivity contribution is -0.117. The summed E-state index contributed by atoms with van der Waals surface area (Å²) in [7, 11) is 1.34. The minimum atomic E-state index is -0.381. The molecule has 1 saturated carbocycles. The predicted octanol–water partition coefficient (Wildman–Crippen LogP) is 1.46. The van der Waals surface area contributed by atoms with Crippen molar-refractivity contribution in [2.75, 3.05) is 12.4 Å². The first kappa shape index (κ1) is 9.39. The maximum absolute atomic E-state index is 11.7. The molecule has 1 aliphatic heterocycles. The quantitative estimate of drug-likeness (QED) is 0.724. The van der Waals surface area contributed by atoms with Gasteiger partial charge in [-0.1, -0.05) is 6.07 Å². The predicted molar refractivity (Wildman–Crippen MR) is 57.3 cm³/mol. The number of esters is 1. The first-order valence-corrected chi connectivity index (χ1v) is 5.22. The van der Waals surface area contributed by atoms with Gasteiger partial charge in [-0.2, -0.15) is 0 Å². The highest BCUT2D eigenvalue weighted by molar-refractivity contribution is 6.09. The van der Waals surface area contributed by atoms with E-state index in [0.717, 1.165) is 24.1 Å². The Hall–Kier alpha value is -1.84. The fraction of sp³-hybridized carbons (Fsp3) is 0.333. The van der Waals surface area contributed by atoms with Crippen molar-refractivity contribution in [2.24, 2.45) is 0 Å². The highest BCUT2D eigenvalue weighted by Gasteiger charge is 2.56. The molecule has 1 heterocycles. The lowest BCUT2D eigenvalue weighted by atomic mass is 9.97.